The number of ether oxygens (including phenoxy) is 1. The van der Waals surface area contributed by atoms with Gasteiger partial charge in [-0.2, -0.15) is 5.10 Å². The quantitative estimate of drug-likeness (QED) is 0.396. The first-order valence-corrected chi connectivity index (χ1v) is 9.12. The van der Waals surface area contributed by atoms with E-state index in [1.807, 2.05) is 6.08 Å². The second-order valence-corrected chi connectivity index (χ2v) is 6.71. The molecule has 0 saturated heterocycles. The summed E-state index contributed by atoms with van der Waals surface area (Å²) in [5.41, 5.74) is 1.17. The number of rotatable bonds is 7. The maximum Gasteiger partial charge on any atom is 0.573 e. The van der Waals surface area contributed by atoms with E-state index in [-0.39, 0.29) is 23.7 Å². The number of aliphatic hydroxyl groups excluding tert-OH is 1. The minimum atomic E-state index is -4.83. The molecular formula is C20H17ClF4N2O2. The van der Waals surface area contributed by atoms with E-state index in [0.717, 1.165) is 6.07 Å². The number of unbranched alkanes of at least 4 members (excludes halogenated alkanes) is 1. The average Bonchev–Trinajstić information content (AvgIpc) is 2.97. The van der Waals surface area contributed by atoms with Crippen LogP contribution in [0.1, 0.15) is 24.1 Å². The normalized spacial score (nSPS) is 12.2. The van der Waals surface area contributed by atoms with Gasteiger partial charge in [0, 0.05) is 28.6 Å². The van der Waals surface area contributed by atoms with Gasteiger partial charge in [-0.05, 0) is 43.2 Å². The van der Waals surface area contributed by atoms with Crippen LogP contribution in [0.5, 0.6) is 5.75 Å². The standard InChI is InChI=1S/C20H17ClF4N2O2/c21-14-6-5-13(17(22)10-14)12-27-19-11-15(29-20(23,24)25)7-8-16(19)18(26-27)4-2-1-3-9-28/h2,4-8,10-11,28H,1,3,9,12H2. The first-order valence-electron chi connectivity index (χ1n) is 8.74. The van der Waals surface area contributed by atoms with Crippen LogP contribution in [-0.2, 0) is 6.54 Å². The van der Waals surface area contributed by atoms with Crippen LogP contribution in [0.15, 0.2) is 42.5 Å². The van der Waals surface area contributed by atoms with Crippen LogP contribution in [-0.4, -0.2) is 27.9 Å². The number of hydrogen-bond acceptors (Lipinski definition) is 3. The molecule has 1 aromatic heterocycles. The summed E-state index contributed by atoms with van der Waals surface area (Å²) in [4.78, 5) is 0. The van der Waals surface area contributed by atoms with Gasteiger partial charge in [-0.15, -0.1) is 13.2 Å². The molecular weight excluding hydrogens is 412 g/mol. The third-order valence-electron chi connectivity index (χ3n) is 4.13. The smallest absolute Gasteiger partial charge is 0.406 e. The fourth-order valence-corrected chi connectivity index (χ4v) is 2.99. The van der Waals surface area contributed by atoms with Crippen molar-refractivity contribution >= 4 is 28.6 Å². The molecule has 4 nitrogen and oxygen atoms in total. The number of fused-ring (bicyclic) bond motifs is 1. The Morgan fingerprint density at radius 2 is 1.97 bits per heavy atom. The summed E-state index contributed by atoms with van der Waals surface area (Å²) in [6.45, 7) is 0.0486. The molecule has 0 saturated carbocycles. The predicted octanol–water partition coefficient (Wildman–Crippen LogP) is 5.56. The van der Waals surface area contributed by atoms with Gasteiger partial charge in [0.05, 0.1) is 17.8 Å². The number of hydrogen-bond donors (Lipinski definition) is 1. The van der Waals surface area contributed by atoms with Gasteiger partial charge in [-0.25, -0.2) is 4.39 Å². The lowest BCUT2D eigenvalue weighted by Crippen LogP contribution is -2.17. The number of benzene rings is 2. The number of aliphatic hydroxyl groups is 1. The summed E-state index contributed by atoms with van der Waals surface area (Å²) in [5.74, 6) is -0.928. The lowest BCUT2D eigenvalue weighted by molar-refractivity contribution is -0.274. The van der Waals surface area contributed by atoms with E-state index in [4.69, 9.17) is 16.7 Å². The topological polar surface area (TPSA) is 47.3 Å². The Morgan fingerprint density at radius 3 is 2.66 bits per heavy atom. The van der Waals surface area contributed by atoms with E-state index in [2.05, 4.69) is 9.84 Å². The zero-order valence-corrected chi connectivity index (χ0v) is 15.8. The van der Waals surface area contributed by atoms with Crippen LogP contribution in [0.4, 0.5) is 17.6 Å². The van der Waals surface area contributed by atoms with Crippen molar-refractivity contribution < 1.29 is 27.4 Å². The number of nitrogens with zero attached hydrogens (tertiary/aromatic N) is 2. The van der Waals surface area contributed by atoms with Crippen molar-refractivity contribution in [1.29, 1.82) is 0 Å². The molecule has 0 fully saturated rings. The Morgan fingerprint density at radius 1 is 1.17 bits per heavy atom. The Bertz CT molecular complexity index is 1030. The molecule has 0 amide bonds. The van der Waals surface area contributed by atoms with Crippen molar-refractivity contribution in [3.63, 3.8) is 0 Å². The van der Waals surface area contributed by atoms with Crippen molar-refractivity contribution in [3.05, 3.63) is 64.6 Å². The van der Waals surface area contributed by atoms with Crippen LogP contribution in [0.25, 0.3) is 17.0 Å². The largest absolute Gasteiger partial charge is 0.573 e. The first-order chi connectivity index (χ1) is 13.8. The highest BCUT2D eigenvalue weighted by molar-refractivity contribution is 6.30. The monoisotopic (exact) mass is 428 g/mol. The molecule has 1 N–H and O–H groups in total. The third kappa shape index (κ3) is 5.48. The molecule has 9 heteroatoms. The molecule has 3 aromatic rings. The van der Waals surface area contributed by atoms with E-state index >= 15 is 0 Å². The van der Waals surface area contributed by atoms with Crippen LogP contribution in [0.2, 0.25) is 5.02 Å². The highest BCUT2D eigenvalue weighted by Crippen LogP contribution is 2.29. The highest BCUT2D eigenvalue weighted by atomic mass is 35.5. The molecule has 0 atom stereocenters. The zero-order chi connectivity index (χ0) is 21.0. The van der Waals surface area contributed by atoms with Gasteiger partial charge >= 0.3 is 6.36 Å². The van der Waals surface area contributed by atoms with E-state index in [0.29, 0.717) is 29.4 Å². The molecule has 0 unspecified atom stereocenters. The third-order valence-corrected chi connectivity index (χ3v) is 4.36. The summed E-state index contributed by atoms with van der Waals surface area (Å²) in [7, 11) is 0. The van der Waals surface area contributed by atoms with Gasteiger partial charge in [0.25, 0.3) is 0 Å². The SMILES string of the molecule is OCCCC=Cc1nn(Cc2ccc(Cl)cc2F)c2cc(OC(F)(F)F)ccc12. The molecule has 0 bridgehead atoms. The molecule has 0 aliphatic rings. The van der Waals surface area contributed by atoms with Gasteiger partial charge in [-0.3, -0.25) is 4.68 Å². The maximum absolute atomic E-state index is 14.2. The van der Waals surface area contributed by atoms with E-state index < -0.39 is 17.9 Å². The lowest BCUT2D eigenvalue weighted by atomic mass is 10.1. The van der Waals surface area contributed by atoms with Gasteiger partial charge in [0.15, 0.2) is 0 Å². The van der Waals surface area contributed by atoms with E-state index in [1.165, 1.54) is 35.0 Å². The molecule has 0 aliphatic carbocycles. The fraction of sp³-hybridized carbons (Fsp3) is 0.250. The number of alkyl halides is 3. The molecule has 0 radical (unpaired) electrons. The summed E-state index contributed by atoms with van der Waals surface area (Å²) in [6, 6.07) is 8.09. The molecule has 29 heavy (non-hydrogen) atoms. The summed E-state index contributed by atoms with van der Waals surface area (Å²) < 4.78 is 57.4. The van der Waals surface area contributed by atoms with Crippen molar-refractivity contribution in [2.24, 2.45) is 0 Å². The predicted molar refractivity (Wildman–Crippen MR) is 102 cm³/mol. The van der Waals surface area contributed by atoms with Gasteiger partial charge in [0.1, 0.15) is 11.6 Å². The Balaban J connectivity index is 2.02. The number of allylic oxidation sites excluding steroid dienone is 1. The second kappa shape index (κ2) is 8.84. The molecule has 2 aromatic carbocycles. The molecule has 0 spiro atoms. The van der Waals surface area contributed by atoms with Gasteiger partial charge < -0.3 is 9.84 Å². The maximum atomic E-state index is 14.2. The highest BCUT2D eigenvalue weighted by Gasteiger charge is 2.31. The second-order valence-electron chi connectivity index (χ2n) is 6.27. The summed E-state index contributed by atoms with van der Waals surface area (Å²) >= 11 is 5.77. The Hall–Kier alpha value is -2.58. The Kier molecular flexibility index (Phi) is 6.44. The van der Waals surface area contributed by atoms with Crippen molar-refractivity contribution in [2.45, 2.75) is 25.7 Å². The lowest BCUT2D eigenvalue weighted by Gasteiger charge is -2.10. The Labute approximate surface area is 169 Å². The minimum Gasteiger partial charge on any atom is -0.406 e. The van der Waals surface area contributed by atoms with Crippen LogP contribution < -0.4 is 4.74 Å². The molecule has 3 rings (SSSR count). The average molecular weight is 429 g/mol. The van der Waals surface area contributed by atoms with Crippen LogP contribution in [0, 0.1) is 5.82 Å². The molecule has 0 aliphatic heterocycles. The number of halogens is 5. The van der Waals surface area contributed by atoms with Crippen LogP contribution >= 0.6 is 11.6 Å². The van der Waals surface area contributed by atoms with Gasteiger partial charge in [-0.1, -0.05) is 23.7 Å². The molecule has 154 valence electrons. The van der Waals surface area contributed by atoms with Gasteiger partial charge in [0.2, 0.25) is 0 Å². The van der Waals surface area contributed by atoms with E-state index in [9.17, 15) is 17.6 Å². The number of aromatic nitrogens is 2. The summed E-state index contributed by atoms with van der Waals surface area (Å²) in [6.07, 6.45) is -0.100. The fourth-order valence-electron chi connectivity index (χ4n) is 2.84. The zero-order valence-electron chi connectivity index (χ0n) is 15.1. The minimum absolute atomic E-state index is 0.000542. The van der Waals surface area contributed by atoms with E-state index in [1.54, 1.807) is 6.08 Å². The van der Waals surface area contributed by atoms with Crippen molar-refractivity contribution in [1.82, 2.24) is 9.78 Å². The first kappa shape index (κ1) is 21.1. The van der Waals surface area contributed by atoms with Crippen molar-refractivity contribution in [3.8, 4) is 5.75 Å². The van der Waals surface area contributed by atoms with Crippen LogP contribution in [0.3, 0.4) is 0 Å². The summed E-state index contributed by atoms with van der Waals surface area (Å²) in [5, 5.41) is 14.1. The van der Waals surface area contributed by atoms with Crippen molar-refractivity contribution in [2.75, 3.05) is 6.61 Å². The molecule has 1 heterocycles.